The van der Waals surface area contributed by atoms with Gasteiger partial charge >= 0.3 is 5.97 Å². The molecule has 0 unspecified atom stereocenters. The highest BCUT2D eigenvalue weighted by Gasteiger charge is 2.17. The third-order valence-corrected chi connectivity index (χ3v) is 4.86. The largest absolute Gasteiger partial charge is 0.493 e. The predicted octanol–water partition coefficient (Wildman–Crippen LogP) is 5.25. The lowest BCUT2D eigenvalue weighted by Gasteiger charge is -2.09. The molecule has 0 atom stereocenters. The number of ether oxygens (including phenoxy) is 2. The van der Waals surface area contributed by atoms with Crippen molar-refractivity contribution in [2.24, 2.45) is 0 Å². The van der Waals surface area contributed by atoms with Gasteiger partial charge in [0.15, 0.2) is 11.5 Å². The topological polar surface area (TPSA) is 68.7 Å². The maximum atomic E-state index is 11.6. The van der Waals surface area contributed by atoms with Crippen LogP contribution in [0.25, 0.3) is 23.4 Å². The molecule has 0 aliphatic heterocycles. The fraction of sp³-hybridized carbons (Fsp3) is 0.0909. The Bertz CT molecular complexity index is 1010. The van der Waals surface area contributed by atoms with E-state index in [1.165, 1.54) is 0 Å². The molecule has 1 N–H and O–H groups in total. The minimum Gasteiger partial charge on any atom is -0.493 e. The second kappa shape index (κ2) is 9.01. The van der Waals surface area contributed by atoms with Crippen molar-refractivity contribution in [2.75, 3.05) is 13.7 Å². The highest BCUT2D eigenvalue weighted by molar-refractivity contribution is 7.15. The second-order valence-corrected chi connectivity index (χ2v) is 6.77. The number of aromatic nitrogens is 1. The van der Waals surface area contributed by atoms with Gasteiger partial charge in [0.1, 0.15) is 16.5 Å². The molecule has 3 aromatic rings. The van der Waals surface area contributed by atoms with Crippen LogP contribution in [0.3, 0.4) is 0 Å². The summed E-state index contributed by atoms with van der Waals surface area (Å²) in [5, 5.41) is 10.1. The summed E-state index contributed by atoms with van der Waals surface area (Å²) in [5.74, 6) is 0.258. The molecule has 0 aliphatic carbocycles. The number of nitrogens with zero attached hydrogens (tertiary/aromatic N) is 1. The summed E-state index contributed by atoms with van der Waals surface area (Å²) in [7, 11) is 1.58. The maximum Gasteiger partial charge on any atom is 0.348 e. The van der Waals surface area contributed by atoms with Crippen molar-refractivity contribution in [3.8, 4) is 22.8 Å². The highest BCUT2D eigenvalue weighted by atomic mass is 32.1. The molecule has 0 amide bonds. The lowest BCUT2D eigenvalue weighted by atomic mass is 10.1. The van der Waals surface area contributed by atoms with Gasteiger partial charge in [-0.05, 0) is 23.8 Å². The van der Waals surface area contributed by atoms with E-state index in [0.29, 0.717) is 28.8 Å². The first kappa shape index (κ1) is 19.4. The zero-order valence-corrected chi connectivity index (χ0v) is 16.1. The van der Waals surface area contributed by atoms with E-state index in [2.05, 4.69) is 11.6 Å². The second-order valence-electron chi connectivity index (χ2n) is 5.74. The third-order valence-electron chi connectivity index (χ3n) is 3.85. The maximum absolute atomic E-state index is 11.6. The SMILES string of the molecule is C=CCOc1ccc(/C=C/c2nc(-c3ccccc3)c(C(=O)O)s2)cc1OC. The Labute approximate surface area is 167 Å². The quantitative estimate of drug-likeness (QED) is 0.529. The number of thiazole rings is 1. The van der Waals surface area contributed by atoms with Crippen molar-refractivity contribution in [3.05, 3.63) is 76.6 Å². The van der Waals surface area contributed by atoms with E-state index in [4.69, 9.17) is 9.47 Å². The number of methoxy groups -OCH3 is 1. The summed E-state index contributed by atoms with van der Waals surface area (Å²) in [5.41, 5.74) is 2.14. The Morgan fingerprint density at radius 3 is 2.64 bits per heavy atom. The van der Waals surface area contributed by atoms with Crippen LogP contribution in [0, 0.1) is 0 Å². The number of aromatic carboxylic acids is 1. The van der Waals surface area contributed by atoms with Gasteiger partial charge in [0.05, 0.1) is 12.8 Å². The molecule has 0 fully saturated rings. The minimum atomic E-state index is -0.985. The molecule has 0 radical (unpaired) electrons. The van der Waals surface area contributed by atoms with Crippen molar-refractivity contribution < 1.29 is 19.4 Å². The highest BCUT2D eigenvalue weighted by Crippen LogP contribution is 2.31. The number of rotatable bonds is 8. The van der Waals surface area contributed by atoms with Crippen LogP contribution < -0.4 is 9.47 Å². The van der Waals surface area contributed by atoms with Crippen LogP contribution in [-0.4, -0.2) is 29.8 Å². The first-order chi connectivity index (χ1) is 13.6. The Morgan fingerprint density at radius 2 is 1.96 bits per heavy atom. The average molecular weight is 393 g/mol. The van der Waals surface area contributed by atoms with E-state index in [0.717, 1.165) is 22.5 Å². The van der Waals surface area contributed by atoms with Crippen LogP contribution in [0.1, 0.15) is 20.2 Å². The van der Waals surface area contributed by atoms with Gasteiger partial charge in [-0.1, -0.05) is 55.1 Å². The number of hydrogen-bond acceptors (Lipinski definition) is 5. The van der Waals surface area contributed by atoms with E-state index >= 15 is 0 Å². The van der Waals surface area contributed by atoms with Crippen LogP contribution in [0.4, 0.5) is 0 Å². The van der Waals surface area contributed by atoms with Gasteiger partial charge in [-0.3, -0.25) is 0 Å². The summed E-state index contributed by atoms with van der Waals surface area (Å²) in [6, 6.07) is 14.9. The van der Waals surface area contributed by atoms with Crippen LogP contribution in [0.5, 0.6) is 11.5 Å². The van der Waals surface area contributed by atoms with Gasteiger partial charge in [0, 0.05) is 5.56 Å². The van der Waals surface area contributed by atoms with Crippen molar-refractivity contribution >= 4 is 29.5 Å². The van der Waals surface area contributed by atoms with Crippen LogP contribution in [0.2, 0.25) is 0 Å². The van der Waals surface area contributed by atoms with Gasteiger partial charge in [0.2, 0.25) is 0 Å². The van der Waals surface area contributed by atoms with Crippen molar-refractivity contribution in [1.29, 1.82) is 0 Å². The number of carboxylic acid groups (broad SMARTS) is 1. The fourth-order valence-corrected chi connectivity index (χ4v) is 3.40. The van der Waals surface area contributed by atoms with Gasteiger partial charge in [0.25, 0.3) is 0 Å². The Balaban J connectivity index is 1.88. The zero-order chi connectivity index (χ0) is 19.9. The van der Waals surface area contributed by atoms with Crippen molar-refractivity contribution in [1.82, 2.24) is 4.98 Å². The molecule has 6 heteroatoms. The Kier molecular flexibility index (Phi) is 6.24. The summed E-state index contributed by atoms with van der Waals surface area (Å²) in [6.07, 6.45) is 5.32. The lowest BCUT2D eigenvalue weighted by Crippen LogP contribution is -1.96. The molecular weight excluding hydrogens is 374 g/mol. The molecule has 142 valence electrons. The van der Waals surface area contributed by atoms with Gasteiger partial charge in [-0.25, -0.2) is 9.78 Å². The standard InChI is InChI=1S/C22H19NO4S/c1-3-13-27-17-11-9-15(14-18(17)26-2)10-12-19-23-20(21(28-19)22(24)25)16-7-5-4-6-8-16/h3-12,14H,1,13H2,2H3,(H,24,25)/b12-10+. The Hall–Kier alpha value is -3.38. The van der Waals surface area contributed by atoms with E-state index in [9.17, 15) is 9.90 Å². The molecule has 5 nitrogen and oxygen atoms in total. The van der Waals surface area contributed by atoms with Crippen molar-refractivity contribution in [2.45, 2.75) is 0 Å². The van der Waals surface area contributed by atoms with Gasteiger partial charge in [-0.2, -0.15) is 0 Å². The lowest BCUT2D eigenvalue weighted by molar-refractivity contribution is 0.0702. The monoisotopic (exact) mass is 393 g/mol. The third kappa shape index (κ3) is 4.47. The summed E-state index contributed by atoms with van der Waals surface area (Å²) in [4.78, 5) is 16.3. The van der Waals surface area contributed by atoms with Gasteiger partial charge < -0.3 is 14.6 Å². The first-order valence-electron chi connectivity index (χ1n) is 8.51. The molecule has 1 heterocycles. The number of carbonyl (C=O) groups is 1. The molecule has 0 bridgehead atoms. The molecule has 28 heavy (non-hydrogen) atoms. The van der Waals surface area contributed by atoms with E-state index in [-0.39, 0.29) is 4.88 Å². The number of hydrogen-bond donors (Lipinski definition) is 1. The number of benzene rings is 2. The molecule has 1 aromatic heterocycles. The molecular formula is C22H19NO4S. The molecule has 3 rings (SSSR count). The van der Waals surface area contributed by atoms with E-state index in [1.54, 1.807) is 19.3 Å². The molecule has 2 aromatic carbocycles. The van der Waals surface area contributed by atoms with Gasteiger partial charge in [-0.15, -0.1) is 11.3 Å². The first-order valence-corrected chi connectivity index (χ1v) is 9.33. The fourth-order valence-electron chi connectivity index (χ4n) is 2.57. The zero-order valence-electron chi connectivity index (χ0n) is 15.3. The average Bonchev–Trinajstić information content (AvgIpc) is 3.16. The summed E-state index contributed by atoms with van der Waals surface area (Å²) >= 11 is 1.14. The summed E-state index contributed by atoms with van der Waals surface area (Å²) in [6.45, 7) is 4.02. The molecule has 0 aliphatic rings. The van der Waals surface area contributed by atoms with Crippen LogP contribution >= 0.6 is 11.3 Å². The normalized spacial score (nSPS) is 10.8. The van der Waals surface area contributed by atoms with Crippen LogP contribution in [-0.2, 0) is 0 Å². The molecule has 0 saturated carbocycles. The summed E-state index contributed by atoms with van der Waals surface area (Å²) < 4.78 is 10.9. The number of carboxylic acids is 1. The minimum absolute atomic E-state index is 0.219. The molecule has 0 saturated heterocycles. The van der Waals surface area contributed by atoms with E-state index < -0.39 is 5.97 Å². The predicted molar refractivity (Wildman–Crippen MR) is 112 cm³/mol. The van der Waals surface area contributed by atoms with E-state index in [1.807, 2.05) is 54.6 Å². The van der Waals surface area contributed by atoms with Crippen LogP contribution in [0.15, 0.2) is 61.2 Å². The van der Waals surface area contributed by atoms with Crippen molar-refractivity contribution in [3.63, 3.8) is 0 Å². The Morgan fingerprint density at radius 1 is 1.18 bits per heavy atom. The molecule has 0 spiro atoms. The smallest absolute Gasteiger partial charge is 0.348 e.